The monoisotopic (exact) mass is 230 g/mol. The van der Waals surface area contributed by atoms with Gasteiger partial charge in [0.1, 0.15) is 0 Å². The quantitative estimate of drug-likeness (QED) is 0.362. The first-order valence-electron chi connectivity index (χ1n) is 5.94. The third-order valence-electron chi connectivity index (χ3n) is 2.63. The molecule has 0 fully saturated rings. The zero-order valence-corrected chi connectivity index (χ0v) is 11.0. The van der Waals surface area contributed by atoms with Crippen LogP contribution in [0.4, 0.5) is 0 Å². The van der Waals surface area contributed by atoms with Crippen molar-refractivity contribution in [2.75, 3.05) is 19.8 Å². The molecule has 16 heavy (non-hydrogen) atoms. The summed E-state index contributed by atoms with van der Waals surface area (Å²) in [6.07, 6.45) is 1.94. The van der Waals surface area contributed by atoms with E-state index in [9.17, 15) is 0 Å². The summed E-state index contributed by atoms with van der Waals surface area (Å²) in [5.74, 6) is 0.245. The van der Waals surface area contributed by atoms with Gasteiger partial charge in [-0.15, -0.1) is 0 Å². The maximum atomic E-state index is 7.42. The molecule has 4 nitrogen and oxygen atoms in total. The summed E-state index contributed by atoms with van der Waals surface area (Å²) >= 11 is 0. The zero-order valence-electron chi connectivity index (χ0n) is 11.0. The van der Waals surface area contributed by atoms with Crippen molar-refractivity contribution in [1.29, 1.82) is 5.41 Å². The van der Waals surface area contributed by atoms with Crippen LogP contribution in [0.3, 0.4) is 0 Å². The Kier molecular flexibility index (Phi) is 7.34. The van der Waals surface area contributed by atoms with Crippen molar-refractivity contribution in [3.63, 3.8) is 0 Å². The van der Waals surface area contributed by atoms with Crippen LogP contribution in [0.5, 0.6) is 0 Å². The fraction of sp³-hybridized carbons (Fsp3) is 0.917. The lowest BCUT2D eigenvalue weighted by Crippen LogP contribution is -2.31. The number of nitrogens with one attached hydrogen (secondary N) is 1. The van der Waals surface area contributed by atoms with Crippen LogP contribution >= 0.6 is 0 Å². The Labute approximate surface area is 99.0 Å². The summed E-state index contributed by atoms with van der Waals surface area (Å²) in [5.41, 5.74) is 5.28. The Hall–Kier alpha value is -0.610. The van der Waals surface area contributed by atoms with Crippen molar-refractivity contribution >= 4 is 5.84 Å². The first kappa shape index (κ1) is 15.4. The Morgan fingerprint density at radius 1 is 1.44 bits per heavy atom. The second kappa shape index (κ2) is 7.63. The van der Waals surface area contributed by atoms with Gasteiger partial charge in [-0.1, -0.05) is 13.8 Å². The van der Waals surface area contributed by atoms with Crippen molar-refractivity contribution < 1.29 is 9.47 Å². The lowest BCUT2D eigenvalue weighted by atomic mass is 9.87. The maximum absolute atomic E-state index is 7.42. The Bertz CT molecular complexity index is 205. The molecular weight excluding hydrogens is 204 g/mol. The first-order chi connectivity index (χ1) is 7.40. The van der Waals surface area contributed by atoms with Crippen LogP contribution in [-0.2, 0) is 9.47 Å². The summed E-state index contributed by atoms with van der Waals surface area (Å²) in [5, 5.41) is 7.42. The number of hydrogen-bond acceptors (Lipinski definition) is 3. The molecule has 1 unspecified atom stereocenters. The van der Waals surface area contributed by atoms with Crippen molar-refractivity contribution in [1.82, 2.24) is 0 Å². The summed E-state index contributed by atoms with van der Waals surface area (Å²) in [7, 11) is 0. The highest BCUT2D eigenvalue weighted by molar-refractivity contribution is 5.82. The zero-order chi connectivity index (χ0) is 12.6. The van der Waals surface area contributed by atoms with Gasteiger partial charge in [-0.3, -0.25) is 5.41 Å². The predicted octanol–water partition coefficient (Wildman–Crippen LogP) is 2.17. The van der Waals surface area contributed by atoms with Crippen LogP contribution < -0.4 is 5.73 Å². The molecule has 0 aliphatic heterocycles. The van der Waals surface area contributed by atoms with E-state index in [2.05, 4.69) is 0 Å². The van der Waals surface area contributed by atoms with Crippen LogP contribution in [0.15, 0.2) is 0 Å². The summed E-state index contributed by atoms with van der Waals surface area (Å²) in [6.45, 7) is 10.0. The standard InChI is InChI=1S/C12H26N2O2/c1-5-15-9-10(2)16-8-6-7-12(3,4)11(13)14/h10H,5-9H2,1-4H3,(H3,13,14). The molecule has 0 saturated heterocycles. The van der Waals surface area contributed by atoms with Crippen molar-refractivity contribution in [3.05, 3.63) is 0 Å². The molecule has 0 bridgehead atoms. The van der Waals surface area contributed by atoms with Gasteiger partial charge in [0, 0.05) is 18.6 Å². The normalized spacial score (nSPS) is 13.8. The number of ether oxygens (including phenoxy) is 2. The smallest absolute Gasteiger partial charge is 0.0963 e. The Morgan fingerprint density at radius 3 is 2.56 bits per heavy atom. The summed E-state index contributed by atoms with van der Waals surface area (Å²) < 4.78 is 10.8. The Morgan fingerprint density at radius 2 is 2.06 bits per heavy atom. The predicted molar refractivity (Wildman–Crippen MR) is 66.8 cm³/mol. The number of nitrogens with two attached hydrogens (primary N) is 1. The van der Waals surface area contributed by atoms with E-state index >= 15 is 0 Å². The topological polar surface area (TPSA) is 68.3 Å². The van der Waals surface area contributed by atoms with Crippen molar-refractivity contribution in [3.8, 4) is 0 Å². The molecule has 0 spiro atoms. The average Bonchev–Trinajstić information content (AvgIpc) is 2.21. The van der Waals surface area contributed by atoms with Gasteiger partial charge in [0.2, 0.25) is 0 Å². The van der Waals surface area contributed by atoms with Crippen LogP contribution in [0.25, 0.3) is 0 Å². The minimum Gasteiger partial charge on any atom is -0.387 e. The van der Waals surface area contributed by atoms with Gasteiger partial charge in [0.05, 0.1) is 18.5 Å². The molecule has 0 amide bonds. The highest BCUT2D eigenvalue weighted by Crippen LogP contribution is 2.21. The van der Waals surface area contributed by atoms with Gasteiger partial charge < -0.3 is 15.2 Å². The molecule has 0 aliphatic rings. The maximum Gasteiger partial charge on any atom is 0.0963 e. The van der Waals surface area contributed by atoms with E-state index in [0.29, 0.717) is 13.2 Å². The fourth-order valence-electron chi connectivity index (χ4n) is 1.27. The third kappa shape index (κ3) is 6.80. The van der Waals surface area contributed by atoms with Crippen molar-refractivity contribution in [2.45, 2.75) is 46.6 Å². The van der Waals surface area contributed by atoms with E-state index < -0.39 is 0 Å². The SMILES string of the molecule is CCOCC(C)OCCCC(C)(C)C(=N)N. The molecule has 0 aromatic rings. The van der Waals surface area contributed by atoms with E-state index in [4.69, 9.17) is 20.6 Å². The molecule has 96 valence electrons. The van der Waals surface area contributed by atoms with E-state index in [0.717, 1.165) is 19.4 Å². The van der Waals surface area contributed by atoms with Crippen molar-refractivity contribution in [2.24, 2.45) is 11.1 Å². The minimum atomic E-state index is -0.216. The van der Waals surface area contributed by atoms with Crippen LogP contribution in [-0.4, -0.2) is 31.8 Å². The molecule has 0 rings (SSSR count). The van der Waals surface area contributed by atoms with Gasteiger partial charge in [-0.2, -0.15) is 0 Å². The summed E-state index contributed by atoms with van der Waals surface area (Å²) in [4.78, 5) is 0. The van der Waals surface area contributed by atoms with Gasteiger partial charge >= 0.3 is 0 Å². The highest BCUT2D eigenvalue weighted by Gasteiger charge is 2.20. The van der Waals surface area contributed by atoms with Gasteiger partial charge in [0.25, 0.3) is 0 Å². The van der Waals surface area contributed by atoms with E-state index in [1.807, 2.05) is 27.7 Å². The molecular formula is C12H26N2O2. The Balaban J connectivity index is 3.56. The van der Waals surface area contributed by atoms with Crippen LogP contribution in [0.1, 0.15) is 40.5 Å². The van der Waals surface area contributed by atoms with Crippen LogP contribution in [0.2, 0.25) is 0 Å². The van der Waals surface area contributed by atoms with E-state index in [-0.39, 0.29) is 17.4 Å². The molecule has 0 aliphatic carbocycles. The molecule has 0 aromatic carbocycles. The highest BCUT2D eigenvalue weighted by atomic mass is 16.5. The molecule has 1 atom stereocenters. The number of amidine groups is 1. The average molecular weight is 230 g/mol. The van der Waals surface area contributed by atoms with Gasteiger partial charge in [-0.05, 0) is 26.7 Å². The minimum absolute atomic E-state index is 0.139. The largest absolute Gasteiger partial charge is 0.387 e. The van der Waals surface area contributed by atoms with E-state index in [1.54, 1.807) is 0 Å². The third-order valence-corrected chi connectivity index (χ3v) is 2.63. The molecule has 4 heteroatoms. The number of hydrogen-bond donors (Lipinski definition) is 2. The van der Waals surface area contributed by atoms with E-state index in [1.165, 1.54) is 0 Å². The molecule has 0 saturated carbocycles. The lowest BCUT2D eigenvalue weighted by molar-refractivity contribution is -0.00566. The summed E-state index contributed by atoms with van der Waals surface area (Å²) in [6, 6.07) is 0. The molecule has 0 aromatic heterocycles. The molecule has 3 N–H and O–H groups in total. The number of rotatable bonds is 9. The first-order valence-corrected chi connectivity index (χ1v) is 5.94. The van der Waals surface area contributed by atoms with Gasteiger partial charge in [0.15, 0.2) is 0 Å². The second-order valence-corrected chi connectivity index (χ2v) is 4.74. The van der Waals surface area contributed by atoms with Gasteiger partial charge in [-0.25, -0.2) is 0 Å². The fourth-order valence-corrected chi connectivity index (χ4v) is 1.27. The molecule has 0 radical (unpaired) electrons. The lowest BCUT2D eigenvalue weighted by Gasteiger charge is -2.23. The second-order valence-electron chi connectivity index (χ2n) is 4.74. The molecule has 0 heterocycles. The van der Waals surface area contributed by atoms with Crippen LogP contribution in [0, 0.1) is 10.8 Å².